The normalized spacial score (nSPS) is 12.2. The molecule has 0 aliphatic heterocycles. The van der Waals surface area contributed by atoms with Gasteiger partial charge >= 0.3 is 0 Å². The lowest BCUT2D eigenvalue weighted by Gasteiger charge is -2.08. The molecule has 0 aliphatic rings. The molecule has 0 fully saturated rings. The van der Waals surface area contributed by atoms with E-state index in [9.17, 15) is 4.79 Å². The molecule has 0 saturated heterocycles. The van der Waals surface area contributed by atoms with Crippen LogP contribution in [0.5, 0.6) is 0 Å². The van der Waals surface area contributed by atoms with E-state index in [4.69, 9.17) is 11.6 Å². The monoisotopic (exact) mass is 291 g/mol. The molecule has 4 nitrogen and oxygen atoms in total. The zero-order valence-electron chi connectivity index (χ0n) is 11.6. The Morgan fingerprint density at radius 2 is 2.00 bits per heavy atom. The van der Waals surface area contributed by atoms with Crippen molar-refractivity contribution in [1.29, 1.82) is 0 Å². The number of carbonyl (C=O) groups is 1. The number of hydrogen-bond donors (Lipinski definition) is 2. The molecular formula is C15H18ClN3O. The Balaban J connectivity index is 1.94. The fraction of sp³-hybridized carbons (Fsp3) is 0.267. The molecule has 2 aromatic rings. The highest BCUT2D eigenvalue weighted by Gasteiger charge is 2.07. The molecule has 0 spiro atoms. The Kier molecular flexibility index (Phi) is 4.82. The number of hydrogen-bond acceptors (Lipinski definition) is 2. The molecule has 0 bridgehead atoms. The maximum absolute atomic E-state index is 11.9. The first-order chi connectivity index (χ1) is 9.58. The highest BCUT2D eigenvalue weighted by atomic mass is 35.5. The number of nitrogens with zero attached hydrogens (tertiary/aromatic N) is 1. The highest BCUT2D eigenvalue weighted by Crippen LogP contribution is 2.14. The van der Waals surface area contributed by atoms with Gasteiger partial charge in [0.1, 0.15) is 6.54 Å². The maximum atomic E-state index is 11.9. The average molecular weight is 292 g/mol. The second-order valence-electron chi connectivity index (χ2n) is 4.68. The van der Waals surface area contributed by atoms with Crippen LogP contribution < -0.4 is 10.6 Å². The summed E-state index contributed by atoms with van der Waals surface area (Å²) < 4.78 is 1.87. The molecule has 20 heavy (non-hydrogen) atoms. The predicted molar refractivity (Wildman–Crippen MR) is 82.0 cm³/mol. The quantitative estimate of drug-likeness (QED) is 0.889. The van der Waals surface area contributed by atoms with E-state index in [0.29, 0.717) is 11.6 Å². The Hall–Kier alpha value is -1.78. The molecule has 5 heteroatoms. The van der Waals surface area contributed by atoms with Crippen LogP contribution in [0.2, 0.25) is 5.02 Å². The molecule has 1 aromatic carbocycles. The number of halogens is 1. The van der Waals surface area contributed by atoms with Crippen molar-refractivity contribution in [2.45, 2.75) is 19.5 Å². The number of anilines is 1. The summed E-state index contributed by atoms with van der Waals surface area (Å²) in [7, 11) is 1.91. The van der Waals surface area contributed by atoms with Gasteiger partial charge in [-0.25, -0.2) is 0 Å². The van der Waals surface area contributed by atoms with Crippen LogP contribution in [0, 0.1) is 0 Å². The van der Waals surface area contributed by atoms with Crippen molar-refractivity contribution in [3.05, 3.63) is 53.3 Å². The molecule has 1 unspecified atom stereocenters. The van der Waals surface area contributed by atoms with Crippen molar-refractivity contribution in [2.24, 2.45) is 0 Å². The summed E-state index contributed by atoms with van der Waals surface area (Å²) in [5.74, 6) is -0.0633. The fourth-order valence-corrected chi connectivity index (χ4v) is 2.01. The van der Waals surface area contributed by atoms with Crippen molar-refractivity contribution in [3.8, 4) is 0 Å². The van der Waals surface area contributed by atoms with Crippen molar-refractivity contribution < 1.29 is 4.79 Å². The first kappa shape index (κ1) is 14.6. The third-order valence-electron chi connectivity index (χ3n) is 3.16. The van der Waals surface area contributed by atoms with E-state index >= 15 is 0 Å². The summed E-state index contributed by atoms with van der Waals surface area (Å²) in [5.41, 5.74) is 1.90. The van der Waals surface area contributed by atoms with Gasteiger partial charge < -0.3 is 15.2 Å². The van der Waals surface area contributed by atoms with Crippen molar-refractivity contribution in [2.75, 3.05) is 12.4 Å². The van der Waals surface area contributed by atoms with Crippen molar-refractivity contribution >= 4 is 23.2 Å². The van der Waals surface area contributed by atoms with Crippen LogP contribution in [0.4, 0.5) is 5.69 Å². The molecule has 0 saturated carbocycles. The van der Waals surface area contributed by atoms with Gasteiger partial charge in [0.15, 0.2) is 0 Å². The van der Waals surface area contributed by atoms with Crippen LogP contribution >= 0.6 is 11.6 Å². The molecule has 1 amide bonds. The smallest absolute Gasteiger partial charge is 0.244 e. The fourth-order valence-electron chi connectivity index (χ4n) is 1.88. The molecule has 106 valence electrons. The summed E-state index contributed by atoms with van der Waals surface area (Å²) in [6.07, 6.45) is 3.88. The van der Waals surface area contributed by atoms with E-state index in [-0.39, 0.29) is 11.9 Å². The van der Waals surface area contributed by atoms with Gasteiger partial charge in [0, 0.05) is 29.1 Å². The van der Waals surface area contributed by atoms with Gasteiger partial charge in [-0.1, -0.05) is 11.6 Å². The third-order valence-corrected chi connectivity index (χ3v) is 3.41. The third kappa shape index (κ3) is 3.85. The van der Waals surface area contributed by atoms with Crippen LogP contribution in [-0.2, 0) is 11.3 Å². The largest absolute Gasteiger partial charge is 0.345 e. The van der Waals surface area contributed by atoms with E-state index in [2.05, 4.69) is 17.6 Å². The van der Waals surface area contributed by atoms with Crippen LogP contribution in [-0.4, -0.2) is 17.5 Å². The Labute approximate surface area is 123 Å². The van der Waals surface area contributed by atoms with Gasteiger partial charge in [-0.15, -0.1) is 0 Å². The minimum Gasteiger partial charge on any atom is -0.345 e. The summed E-state index contributed by atoms with van der Waals surface area (Å²) in [5, 5.41) is 6.65. The number of aromatic nitrogens is 1. The molecule has 2 rings (SSSR count). The van der Waals surface area contributed by atoms with Gasteiger partial charge in [-0.2, -0.15) is 0 Å². The van der Waals surface area contributed by atoms with Crippen LogP contribution in [0.1, 0.15) is 18.5 Å². The summed E-state index contributed by atoms with van der Waals surface area (Å²) in [6, 6.07) is 9.35. The molecule has 1 aromatic heterocycles. The summed E-state index contributed by atoms with van der Waals surface area (Å²) in [6.45, 7) is 2.37. The minimum absolute atomic E-state index is 0.0633. The molecule has 1 heterocycles. The summed E-state index contributed by atoms with van der Waals surface area (Å²) >= 11 is 5.80. The SMILES string of the molecule is CNC(C)c1ccn(CC(=O)Nc2ccc(Cl)cc2)c1. The number of nitrogens with one attached hydrogen (secondary N) is 2. The number of rotatable bonds is 5. The zero-order chi connectivity index (χ0) is 14.5. The molecule has 2 N–H and O–H groups in total. The lowest BCUT2D eigenvalue weighted by molar-refractivity contribution is -0.116. The Bertz CT molecular complexity index is 577. The van der Waals surface area contributed by atoms with Gasteiger partial charge in [0.2, 0.25) is 5.91 Å². The van der Waals surface area contributed by atoms with Crippen LogP contribution in [0.3, 0.4) is 0 Å². The van der Waals surface area contributed by atoms with E-state index in [1.54, 1.807) is 24.3 Å². The lowest BCUT2D eigenvalue weighted by Crippen LogP contribution is -2.18. The number of carbonyl (C=O) groups excluding carboxylic acids is 1. The van der Waals surface area contributed by atoms with Crippen LogP contribution in [0.15, 0.2) is 42.7 Å². The Morgan fingerprint density at radius 1 is 1.30 bits per heavy atom. The standard InChI is InChI=1S/C15H18ClN3O/c1-11(17-2)12-7-8-19(9-12)10-15(20)18-14-5-3-13(16)4-6-14/h3-9,11,17H,10H2,1-2H3,(H,18,20). The number of amides is 1. The molecule has 0 aliphatic carbocycles. The van der Waals surface area contributed by atoms with Crippen LogP contribution in [0.25, 0.3) is 0 Å². The van der Waals surface area contributed by atoms with Gasteiger partial charge in [-0.05, 0) is 49.9 Å². The summed E-state index contributed by atoms with van der Waals surface area (Å²) in [4.78, 5) is 11.9. The lowest BCUT2D eigenvalue weighted by atomic mass is 10.2. The van der Waals surface area contributed by atoms with Gasteiger partial charge in [-0.3, -0.25) is 4.79 Å². The molecular weight excluding hydrogens is 274 g/mol. The molecule has 1 atom stereocenters. The van der Waals surface area contributed by atoms with Crippen molar-refractivity contribution in [3.63, 3.8) is 0 Å². The van der Waals surface area contributed by atoms with E-state index in [1.807, 2.05) is 30.1 Å². The zero-order valence-corrected chi connectivity index (χ0v) is 12.3. The minimum atomic E-state index is -0.0633. The van der Waals surface area contributed by atoms with Crippen molar-refractivity contribution in [1.82, 2.24) is 9.88 Å². The van der Waals surface area contributed by atoms with E-state index in [1.165, 1.54) is 0 Å². The van der Waals surface area contributed by atoms with E-state index in [0.717, 1.165) is 11.3 Å². The second kappa shape index (κ2) is 6.59. The number of benzene rings is 1. The highest BCUT2D eigenvalue weighted by molar-refractivity contribution is 6.30. The Morgan fingerprint density at radius 3 is 2.65 bits per heavy atom. The second-order valence-corrected chi connectivity index (χ2v) is 5.12. The van der Waals surface area contributed by atoms with E-state index < -0.39 is 0 Å². The van der Waals surface area contributed by atoms with Gasteiger partial charge in [0.05, 0.1) is 0 Å². The predicted octanol–water partition coefficient (Wildman–Crippen LogP) is 3.06. The first-order valence-electron chi connectivity index (χ1n) is 6.47. The topological polar surface area (TPSA) is 46.1 Å². The molecule has 0 radical (unpaired) electrons. The average Bonchev–Trinajstić information content (AvgIpc) is 2.89. The maximum Gasteiger partial charge on any atom is 0.244 e. The first-order valence-corrected chi connectivity index (χ1v) is 6.84. The van der Waals surface area contributed by atoms with Gasteiger partial charge in [0.25, 0.3) is 0 Å².